The Bertz CT molecular complexity index is 686. The predicted octanol–water partition coefficient (Wildman–Crippen LogP) is 3.08. The van der Waals surface area contributed by atoms with Crippen molar-refractivity contribution in [3.8, 4) is 0 Å². The van der Waals surface area contributed by atoms with Crippen LogP contribution in [0.15, 0.2) is 48.8 Å². The summed E-state index contributed by atoms with van der Waals surface area (Å²) < 4.78 is 0. The van der Waals surface area contributed by atoms with E-state index in [4.69, 9.17) is 5.11 Å². The molecule has 5 heteroatoms. The zero-order valence-electron chi connectivity index (χ0n) is 13.8. The van der Waals surface area contributed by atoms with Crippen LogP contribution in [-0.2, 0) is 22.4 Å². The minimum atomic E-state index is -1.01. The SMILES string of the molecule is CCc1ccccc1N(CC(=O)O)C(=O)CCCc1ccncc1. The molecule has 0 fully saturated rings. The summed E-state index contributed by atoms with van der Waals surface area (Å²) in [6, 6.07) is 11.3. The molecule has 0 aliphatic carbocycles. The molecule has 24 heavy (non-hydrogen) atoms. The second-order valence-corrected chi connectivity index (χ2v) is 5.56. The van der Waals surface area contributed by atoms with Crippen molar-refractivity contribution in [2.24, 2.45) is 0 Å². The summed E-state index contributed by atoms with van der Waals surface area (Å²) >= 11 is 0. The van der Waals surface area contributed by atoms with Gasteiger partial charge in [0.25, 0.3) is 0 Å². The Morgan fingerprint density at radius 2 is 1.83 bits per heavy atom. The second-order valence-electron chi connectivity index (χ2n) is 5.56. The highest BCUT2D eigenvalue weighted by molar-refractivity contribution is 5.98. The number of carbonyl (C=O) groups excluding carboxylic acids is 1. The fourth-order valence-electron chi connectivity index (χ4n) is 2.64. The molecule has 0 unspecified atom stereocenters. The maximum atomic E-state index is 12.6. The average Bonchev–Trinajstić information content (AvgIpc) is 2.60. The molecule has 0 aliphatic rings. The maximum absolute atomic E-state index is 12.6. The van der Waals surface area contributed by atoms with Crippen molar-refractivity contribution in [1.29, 1.82) is 0 Å². The number of carbonyl (C=O) groups is 2. The summed E-state index contributed by atoms with van der Waals surface area (Å²) in [6.45, 7) is 1.68. The Morgan fingerprint density at radius 1 is 1.12 bits per heavy atom. The van der Waals surface area contributed by atoms with Crippen LogP contribution < -0.4 is 4.90 Å². The molecule has 0 radical (unpaired) electrons. The number of para-hydroxylation sites is 1. The Labute approximate surface area is 142 Å². The third kappa shape index (κ3) is 4.91. The molecule has 1 amide bonds. The van der Waals surface area contributed by atoms with Crippen LogP contribution in [0.1, 0.15) is 30.9 Å². The molecule has 5 nitrogen and oxygen atoms in total. The Balaban J connectivity index is 2.06. The lowest BCUT2D eigenvalue weighted by Gasteiger charge is -2.23. The molecular weight excluding hydrogens is 304 g/mol. The second kappa shape index (κ2) is 8.82. The van der Waals surface area contributed by atoms with Gasteiger partial charge < -0.3 is 10.0 Å². The average molecular weight is 326 g/mol. The van der Waals surface area contributed by atoms with E-state index in [0.29, 0.717) is 18.5 Å². The van der Waals surface area contributed by atoms with Crippen LogP contribution >= 0.6 is 0 Å². The first-order chi connectivity index (χ1) is 11.6. The highest BCUT2D eigenvalue weighted by Crippen LogP contribution is 2.22. The number of amides is 1. The smallest absolute Gasteiger partial charge is 0.323 e. The molecule has 126 valence electrons. The largest absolute Gasteiger partial charge is 0.480 e. The quantitative estimate of drug-likeness (QED) is 0.809. The number of aliphatic carboxylic acids is 1. The molecule has 1 N–H and O–H groups in total. The lowest BCUT2D eigenvalue weighted by atomic mass is 10.1. The molecule has 0 bridgehead atoms. The number of pyridine rings is 1. The minimum Gasteiger partial charge on any atom is -0.480 e. The first-order valence-corrected chi connectivity index (χ1v) is 8.10. The number of hydrogen-bond donors (Lipinski definition) is 1. The fraction of sp³-hybridized carbons (Fsp3) is 0.316. The van der Waals surface area contributed by atoms with E-state index in [9.17, 15) is 9.59 Å². The topological polar surface area (TPSA) is 70.5 Å². The van der Waals surface area contributed by atoms with Crippen LogP contribution in [-0.4, -0.2) is 28.5 Å². The third-order valence-electron chi connectivity index (χ3n) is 3.86. The zero-order chi connectivity index (χ0) is 17.4. The van der Waals surface area contributed by atoms with Gasteiger partial charge in [0, 0.05) is 24.5 Å². The minimum absolute atomic E-state index is 0.160. The molecule has 2 aromatic rings. The molecule has 0 aliphatic heterocycles. The van der Waals surface area contributed by atoms with E-state index in [1.807, 2.05) is 43.3 Å². The van der Waals surface area contributed by atoms with Crippen LogP contribution in [0.2, 0.25) is 0 Å². The van der Waals surface area contributed by atoms with E-state index in [-0.39, 0.29) is 12.5 Å². The van der Waals surface area contributed by atoms with Gasteiger partial charge in [0.1, 0.15) is 6.54 Å². The number of hydrogen-bond acceptors (Lipinski definition) is 3. The van der Waals surface area contributed by atoms with Gasteiger partial charge in [-0.2, -0.15) is 0 Å². The number of carboxylic acid groups (broad SMARTS) is 1. The number of carboxylic acids is 1. The Hall–Kier alpha value is -2.69. The molecule has 0 saturated carbocycles. The number of rotatable bonds is 8. The normalized spacial score (nSPS) is 10.4. The molecule has 1 aromatic carbocycles. The van der Waals surface area contributed by atoms with E-state index in [2.05, 4.69) is 4.98 Å². The number of benzene rings is 1. The van der Waals surface area contributed by atoms with Crippen molar-refractivity contribution in [2.45, 2.75) is 32.6 Å². The Kier molecular flexibility index (Phi) is 6.49. The first kappa shape index (κ1) is 17.7. The van der Waals surface area contributed by atoms with Crippen molar-refractivity contribution >= 4 is 17.6 Å². The van der Waals surface area contributed by atoms with Crippen molar-refractivity contribution in [1.82, 2.24) is 4.98 Å². The molecule has 0 atom stereocenters. The van der Waals surface area contributed by atoms with Gasteiger partial charge in [-0.1, -0.05) is 25.1 Å². The summed E-state index contributed by atoms with van der Waals surface area (Å²) in [6.07, 6.45) is 5.96. The Morgan fingerprint density at radius 3 is 2.50 bits per heavy atom. The summed E-state index contributed by atoms with van der Waals surface area (Å²) in [4.78, 5) is 29.1. The summed E-state index contributed by atoms with van der Waals surface area (Å²) in [5.41, 5.74) is 2.79. The maximum Gasteiger partial charge on any atom is 0.323 e. The van der Waals surface area contributed by atoms with Crippen LogP contribution in [0.25, 0.3) is 0 Å². The molecular formula is C19H22N2O3. The van der Waals surface area contributed by atoms with E-state index in [0.717, 1.165) is 24.0 Å². The summed E-state index contributed by atoms with van der Waals surface area (Å²) in [5, 5.41) is 9.16. The van der Waals surface area contributed by atoms with Crippen molar-refractivity contribution < 1.29 is 14.7 Å². The van der Waals surface area contributed by atoms with Crippen LogP contribution in [0.3, 0.4) is 0 Å². The van der Waals surface area contributed by atoms with Crippen LogP contribution in [0.5, 0.6) is 0 Å². The van der Waals surface area contributed by atoms with Gasteiger partial charge in [-0.15, -0.1) is 0 Å². The van der Waals surface area contributed by atoms with Crippen LogP contribution in [0.4, 0.5) is 5.69 Å². The van der Waals surface area contributed by atoms with Gasteiger partial charge in [0.15, 0.2) is 0 Å². The molecule has 1 heterocycles. The summed E-state index contributed by atoms with van der Waals surface area (Å²) in [7, 11) is 0. The van der Waals surface area contributed by atoms with E-state index < -0.39 is 5.97 Å². The van der Waals surface area contributed by atoms with Crippen molar-refractivity contribution in [2.75, 3.05) is 11.4 Å². The van der Waals surface area contributed by atoms with Crippen molar-refractivity contribution in [3.05, 3.63) is 59.9 Å². The van der Waals surface area contributed by atoms with Gasteiger partial charge in [0.2, 0.25) is 5.91 Å². The first-order valence-electron chi connectivity index (χ1n) is 8.10. The van der Waals surface area contributed by atoms with Crippen LogP contribution in [0, 0.1) is 0 Å². The molecule has 0 saturated heterocycles. The highest BCUT2D eigenvalue weighted by Gasteiger charge is 2.20. The number of aryl methyl sites for hydroxylation is 2. The number of aromatic nitrogens is 1. The van der Waals surface area contributed by atoms with Gasteiger partial charge >= 0.3 is 5.97 Å². The van der Waals surface area contributed by atoms with Gasteiger partial charge in [-0.05, 0) is 48.6 Å². The van der Waals surface area contributed by atoms with Gasteiger partial charge in [-0.3, -0.25) is 14.6 Å². The van der Waals surface area contributed by atoms with E-state index in [1.165, 1.54) is 4.90 Å². The van der Waals surface area contributed by atoms with Crippen molar-refractivity contribution in [3.63, 3.8) is 0 Å². The summed E-state index contributed by atoms with van der Waals surface area (Å²) in [5.74, 6) is -1.17. The number of anilines is 1. The lowest BCUT2D eigenvalue weighted by Crippen LogP contribution is -2.36. The molecule has 1 aromatic heterocycles. The highest BCUT2D eigenvalue weighted by atomic mass is 16.4. The monoisotopic (exact) mass is 326 g/mol. The van der Waals surface area contributed by atoms with Gasteiger partial charge in [-0.25, -0.2) is 0 Å². The van der Waals surface area contributed by atoms with E-state index >= 15 is 0 Å². The third-order valence-corrected chi connectivity index (χ3v) is 3.86. The zero-order valence-corrected chi connectivity index (χ0v) is 13.8. The molecule has 2 rings (SSSR count). The molecule has 0 spiro atoms. The van der Waals surface area contributed by atoms with E-state index in [1.54, 1.807) is 12.4 Å². The number of nitrogens with zero attached hydrogens (tertiary/aromatic N) is 2. The lowest BCUT2D eigenvalue weighted by molar-refractivity contribution is -0.136. The predicted molar refractivity (Wildman–Crippen MR) is 93.0 cm³/mol. The fourth-order valence-corrected chi connectivity index (χ4v) is 2.64. The van der Waals surface area contributed by atoms with Gasteiger partial charge in [0.05, 0.1) is 0 Å². The standard InChI is InChI=1S/C19H22N2O3/c1-2-16-7-3-4-8-17(16)21(14-19(23)24)18(22)9-5-6-15-10-12-20-13-11-15/h3-4,7-8,10-13H,2,5-6,9,14H2,1H3,(H,23,24).